The van der Waals surface area contributed by atoms with Crippen molar-refractivity contribution in [2.24, 2.45) is 0 Å². The van der Waals surface area contributed by atoms with E-state index in [9.17, 15) is 4.79 Å². The van der Waals surface area contributed by atoms with E-state index in [4.69, 9.17) is 4.74 Å². The zero-order chi connectivity index (χ0) is 20.6. The van der Waals surface area contributed by atoms with E-state index in [1.54, 1.807) is 13.4 Å². The highest BCUT2D eigenvalue weighted by molar-refractivity contribution is 5.73. The third kappa shape index (κ3) is 3.78. The molecular formula is C23H24N4O2. The van der Waals surface area contributed by atoms with Gasteiger partial charge in [-0.2, -0.15) is 0 Å². The summed E-state index contributed by atoms with van der Waals surface area (Å²) in [5.74, 6) is 1.18. The molecule has 2 heterocycles. The van der Waals surface area contributed by atoms with Crippen molar-refractivity contribution < 1.29 is 4.74 Å². The Bertz CT molecular complexity index is 1210. The number of aromatic amines is 1. The van der Waals surface area contributed by atoms with Crippen LogP contribution in [0.15, 0.2) is 59.7 Å². The monoisotopic (exact) mass is 388 g/mol. The standard InChI is InChI=1S/C23H24N4O2/c1-23(2,3)17-10-8-15(9-11-17)13-27-14-24-21-19(27)22(28)26-20(25-21)16-6-5-7-18(12-16)29-4/h5-12,14H,13H2,1-4H3,(H,25,26,28). The van der Waals surface area contributed by atoms with Gasteiger partial charge in [0, 0.05) is 12.1 Å². The van der Waals surface area contributed by atoms with Crippen molar-refractivity contribution in [3.05, 3.63) is 76.3 Å². The predicted octanol–water partition coefficient (Wildman–Crippen LogP) is 4.14. The fourth-order valence-electron chi connectivity index (χ4n) is 3.32. The lowest BCUT2D eigenvalue weighted by Crippen LogP contribution is -2.14. The fourth-order valence-corrected chi connectivity index (χ4v) is 3.32. The molecule has 0 aliphatic heterocycles. The minimum Gasteiger partial charge on any atom is -0.497 e. The van der Waals surface area contributed by atoms with Gasteiger partial charge in [-0.25, -0.2) is 9.97 Å². The molecule has 6 heteroatoms. The molecule has 0 atom stereocenters. The number of imidazole rings is 1. The van der Waals surface area contributed by atoms with Crippen LogP contribution in [0.1, 0.15) is 31.9 Å². The Morgan fingerprint density at radius 1 is 1.10 bits per heavy atom. The number of H-pyrrole nitrogens is 1. The van der Waals surface area contributed by atoms with Gasteiger partial charge in [-0.1, -0.05) is 57.2 Å². The molecule has 0 radical (unpaired) electrons. The number of nitrogens with one attached hydrogen (secondary N) is 1. The lowest BCUT2D eigenvalue weighted by atomic mass is 9.87. The Morgan fingerprint density at radius 3 is 2.55 bits per heavy atom. The molecule has 0 spiro atoms. The van der Waals surface area contributed by atoms with E-state index in [0.29, 0.717) is 29.3 Å². The van der Waals surface area contributed by atoms with E-state index in [0.717, 1.165) is 11.1 Å². The summed E-state index contributed by atoms with van der Waals surface area (Å²) in [6.07, 6.45) is 1.67. The first-order valence-electron chi connectivity index (χ1n) is 9.54. The van der Waals surface area contributed by atoms with Crippen molar-refractivity contribution in [3.63, 3.8) is 0 Å². The number of fused-ring (bicyclic) bond motifs is 1. The second-order valence-corrected chi connectivity index (χ2v) is 8.14. The van der Waals surface area contributed by atoms with Gasteiger partial charge in [-0.15, -0.1) is 0 Å². The molecule has 0 saturated heterocycles. The molecule has 0 saturated carbocycles. The van der Waals surface area contributed by atoms with Crippen LogP contribution in [0, 0.1) is 0 Å². The van der Waals surface area contributed by atoms with Crippen LogP contribution in [0.3, 0.4) is 0 Å². The van der Waals surface area contributed by atoms with Crippen LogP contribution in [0.4, 0.5) is 0 Å². The summed E-state index contributed by atoms with van der Waals surface area (Å²) in [6.45, 7) is 7.13. The smallest absolute Gasteiger partial charge is 0.277 e. The average molecular weight is 388 g/mol. The molecule has 0 amide bonds. The Balaban J connectivity index is 1.68. The normalized spacial score (nSPS) is 11.7. The maximum atomic E-state index is 12.8. The van der Waals surface area contributed by atoms with Crippen LogP contribution in [0.25, 0.3) is 22.6 Å². The average Bonchev–Trinajstić information content (AvgIpc) is 3.11. The number of ether oxygens (including phenoxy) is 1. The number of benzene rings is 2. The van der Waals surface area contributed by atoms with Gasteiger partial charge in [0.2, 0.25) is 0 Å². The molecule has 0 fully saturated rings. The molecule has 6 nitrogen and oxygen atoms in total. The van der Waals surface area contributed by atoms with E-state index in [1.807, 2.05) is 28.8 Å². The predicted molar refractivity (Wildman–Crippen MR) is 114 cm³/mol. The molecule has 4 rings (SSSR count). The number of methoxy groups -OCH3 is 1. The Kier molecular flexibility index (Phi) is 4.70. The first kappa shape index (κ1) is 18.9. The van der Waals surface area contributed by atoms with Crippen LogP contribution in [-0.2, 0) is 12.0 Å². The van der Waals surface area contributed by atoms with E-state index >= 15 is 0 Å². The molecule has 0 bridgehead atoms. The fraction of sp³-hybridized carbons (Fsp3) is 0.261. The molecule has 0 unspecified atom stereocenters. The molecule has 29 heavy (non-hydrogen) atoms. The van der Waals surface area contributed by atoms with E-state index < -0.39 is 0 Å². The van der Waals surface area contributed by atoms with Crippen molar-refractivity contribution in [3.8, 4) is 17.1 Å². The minimum absolute atomic E-state index is 0.109. The Hall–Kier alpha value is -3.41. The summed E-state index contributed by atoms with van der Waals surface area (Å²) in [5.41, 5.74) is 3.95. The van der Waals surface area contributed by atoms with E-state index in [1.165, 1.54) is 5.56 Å². The van der Waals surface area contributed by atoms with Crippen molar-refractivity contribution in [1.82, 2.24) is 19.5 Å². The molecule has 0 aliphatic rings. The second kappa shape index (κ2) is 7.20. The summed E-state index contributed by atoms with van der Waals surface area (Å²) < 4.78 is 7.09. The van der Waals surface area contributed by atoms with Gasteiger partial charge in [0.15, 0.2) is 11.2 Å². The minimum atomic E-state index is -0.211. The van der Waals surface area contributed by atoms with Crippen LogP contribution in [0.5, 0.6) is 5.75 Å². The second-order valence-electron chi connectivity index (χ2n) is 8.14. The zero-order valence-corrected chi connectivity index (χ0v) is 17.1. The maximum absolute atomic E-state index is 12.8. The van der Waals surface area contributed by atoms with Gasteiger partial charge in [0.05, 0.1) is 13.4 Å². The van der Waals surface area contributed by atoms with Gasteiger partial charge in [-0.3, -0.25) is 4.79 Å². The van der Waals surface area contributed by atoms with Crippen LogP contribution in [-0.4, -0.2) is 26.6 Å². The maximum Gasteiger partial charge on any atom is 0.277 e. The van der Waals surface area contributed by atoms with Crippen LogP contribution in [0.2, 0.25) is 0 Å². The number of hydrogen-bond acceptors (Lipinski definition) is 4. The lowest BCUT2D eigenvalue weighted by molar-refractivity contribution is 0.415. The van der Waals surface area contributed by atoms with Crippen LogP contribution >= 0.6 is 0 Å². The summed E-state index contributed by atoms with van der Waals surface area (Å²) in [5, 5.41) is 0. The topological polar surface area (TPSA) is 72.8 Å². The van der Waals surface area contributed by atoms with E-state index in [-0.39, 0.29) is 11.0 Å². The molecule has 4 aromatic rings. The molecule has 148 valence electrons. The van der Waals surface area contributed by atoms with Crippen molar-refractivity contribution in [2.45, 2.75) is 32.7 Å². The van der Waals surface area contributed by atoms with Crippen molar-refractivity contribution >= 4 is 11.2 Å². The molecular weight excluding hydrogens is 364 g/mol. The van der Waals surface area contributed by atoms with Crippen molar-refractivity contribution in [2.75, 3.05) is 7.11 Å². The number of rotatable bonds is 4. The first-order chi connectivity index (χ1) is 13.8. The molecule has 1 N–H and O–H groups in total. The molecule has 2 aromatic carbocycles. The highest BCUT2D eigenvalue weighted by atomic mass is 16.5. The quantitative estimate of drug-likeness (QED) is 0.570. The summed E-state index contributed by atoms with van der Waals surface area (Å²) >= 11 is 0. The SMILES string of the molecule is COc1cccc(-c2nc3ncn(Cc4ccc(C(C)(C)C)cc4)c3c(=O)[nH]2)c1. The van der Waals surface area contributed by atoms with Gasteiger partial charge < -0.3 is 14.3 Å². The van der Waals surface area contributed by atoms with Crippen molar-refractivity contribution in [1.29, 1.82) is 0 Å². The molecule has 2 aromatic heterocycles. The Labute approximate surface area is 169 Å². The Morgan fingerprint density at radius 2 is 1.86 bits per heavy atom. The summed E-state index contributed by atoms with van der Waals surface area (Å²) in [7, 11) is 1.61. The van der Waals surface area contributed by atoms with Gasteiger partial charge in [-0.05, 0) is 28.7 Å². The third-order valence-corrected chi connectivity index (χ3v) is 5.00. The van der Waals surface area contributed by atoms with Crippen LogP contribution < -0.4 is 10.3 Å². The van der Waals surface area contributed by atoms with Gasteiger partial charge in [0.25, 0.3) is 5.56 Å². The highest BCUT2D eigenvalue weighted by Gasteiger charge is 2.15. The lowest BCUT2D eigenvalue weighted by Gasteiger charge is -2.19. The summed E-state index contributed by atoms with van der Waals surface area (Å²) in [6, 6.07) is 15.9. The first-order valence-corrected chi connectivity index (χ1v) is 9.54. The largest absolute Gasteiger partial charge is 0.497 e. The molecule has 0 aliphatic carbocycles. The zero-order valence-electron chi connectivity index (χ0n) is 17.1. The number of aromatic nitrogens is 4. The number of hydrogen-bond donors (Lipinski definition) is 1. The summed E-state index contributed by atoms with van der Waals surface area (Å²) in [4.78, 5) is 24.6. The van der Waals surface area contributed by atoms with Gasteiger partial charge >= 0.3 is 0 Å². The third-order valence-electron chi connectivity index (χ3n) is 5.00. The number of nitrogens with zero attached hydrogens (tertiary/aromatic N) is 3. The van der Waals surface area contributed by atoms with Gasteiger partial charge in [0.1, 0.15) is 11.6 Å². The highest BCUT2D eigenvalue weighted by Crippen LogP contribution is 2.23. The van der Waals surface area contributed by atoms with E-state index in [2.05, 4.69) is 60.0 Å².